The summed E-state index contributed by atoms with van der Waals surface area (Å²) in [5.41, 5.74) is 2.27. The van der Waals surface area contributed by atoms with Crippen LogP contribution >= 0.6 is 0 Å². The molecule has 5 nitrogen and oxygen atoms in total. The van der Waals surface area contributed by atoms with Gasteiger partial charge in [0.05, 0.1) is 10.6 Å². The maximum Gasteiger partial charge on any atom is 0.264 e. The number of hydrogen-bond donors (Lipinski definition) is 1. The topological polar surface area (TPSA) is 66.5 Å². The largest absolute Gasteiger partial charge is 0.352 e. The molecule has 0 bridgehead atoms. The van der Waals surface area contributed by atoms with Crippen molar-refractivity contribution in [2.45, 2.75) is 45.1 Å². The summed E-state index contributed by atoms with van der Waals surface area (Å²) in [5.74, 6) is -0.321. The van der Waals surface area contributed by atoms with Gasteiger partial charge in [-0.25, -0.2) is 8.42 Å². The van der Waals surface area contributed by atoms with Crippen molar-refractivity contribution in [3.05, 3.63) is 59.7 Å². The van der Waals surface area contributed by atoms with E-state index >= 15 is 0 Å². The molecule has 1 atom stereocenters. The third-order valence-corrected chi connectivity index (χ3v) is 6.07. The second-order valence-corrected chi connectivity index (χ2v) is 8.35. The van der Waals surface area contributed by atoms with E-state index in [2.05, 4.69) is 5.32 Å². The van der Waals surface area contributed by atoms with Crippen LogP contribution in [0.1, 0.15) is 31.4 Å². The highest BCUT2D eigenvalue weighted by atomic mass is 32.2. The highest BCUT2D eigenvalue weighted by Crippen LogP contribution is 2.26. The minimum atomic E-state index is -3.86. The average molecular weight is 375 g/mol. The van der Waals surface area contributed by atoms with Gasteiger partial charge in [0.25, 0.3) is 10.0 Å². The summed E-state index contributed by atoms with van der Waals surface area (Å²) in [5, 5.41) is 2.84. The molecule has 0 fully saturated rings. The molecule has 2 aromatic carbocycles. The van der Waals surface area contributed by atoms with Crippen LogP contribution in [-0.4, -0.2) is 26.9 Å². The van der Waals surface area contributed by atoms with Crippen molar-refractivity contribution in [1.82, 2.24) is 5.32 Å². The number of carbonyl (C=O) groups is 1. The van der Waals surface area contributed by atoms with Crippen LogP contribution in [0.5, 0.6) is 0 Å². The molecule has 2 aromatic rings. The lowest BCUT2D eigenvalue weighted by Gasteiger charge is -2.26. The molecule has 0 heterocycles. The van der Waals surface area contributed by atoms with Crippen molar-refractivity contribution >= 4 is 21.6 Å². The monoisotopic (exact) mass is 374 g/mol. The zero-order valence-corrected chi connectivity index (χ0v) is 16.5. The fourth-order valence-corrected chi connectivity index (χ4v) is 4.02. The fraction of sp³-hybridized carbons (Fsp3) is 0.350. The van der Waals surface area contributed by atoms with E-state index in [0.29, 0.717) is 5.69 Å². The molecule has 0 saturated carbocycles. The predicted octanol–water partition coefficient (Wildman–Crippen LogP) is 3.41. The number of nitrogens with zero attached hydrogens (tertiary/aromatic N) is 1. The summed E-state index contributed by atoms with van der Waals surface area (Å²) < 4.78 is 27.7. The molecule has 0 aliphatic carbocycles. The molecule has 1 amide bonds. The van der Waals surface area contributed by atoms with E-state index in [1.807, 2.05) is 39.8 Å². The normalized spacial score (nSPS) is 12.5. The van der Waals surface area contributed by atoms with Gasteiger partial charge >= 0.3 is 0 Å². The summed E-state index contributed by atoms with van der Waals surface area (Å²) in [6.07, 6.45) is 0.779. The van der Waals surface area contributed by atoms with Crippen molar-refractivity contribution < 1.29 is 13.2 Å². The Bertz CT molecular complexity index is 861. The van der Waals surface area contributed by atoms with E-state index in [1.165, 1.54) is 4.31 Å². The van der Waals surface area contributed by atoms with Gasteiger partial charge in [-0.1, -0.05) is 42.8 Å². The van der Waals surface area contributed by atoms with Gasteiger partial charge in [0.1, 0.15) is 6.54 Å². The van der Waals surface area contributed by atoms with Crippen molar-refractivity contribution in [2.75, 3.05) is 10.8 Å². The molecule has 6 heteroatoms. The highest BCUT2D eigenvalue weighted by Gasteiger charge is 2.28. The predicted molar refractivity (Wildman–Crippen MR) is 105 cm³/mol. The van der Waals surface area contributed by atoms with E-state index in [9.17, 15) is 13.2 Å². The molecule has 0 aliphatic rings. The van der Waals surface area contributed by atoms with Crippen LogP contribution in [-0.2, 0) is 14.8 Å². The average Bonchev–Trinajstić information content (AvgIpc) is 2.60. The van der Waals surface area contributed by atoms with Gasteiger partial charge in [-0.3, -0.25) is 9.10 Å². The number of anilines is 1. The first-order valence-corrected chi connectivity index (χ1v) is 10.1. The minimum Gasteiger partial charge on any atom is -0.352 e. The van der Waals surface area contributed by atoms with Crippen LogP contribution < -0.4 is 9.62 Å². The van der Waals surface area contributed by atoms with E-state index in [-0.39, 0.29) is 23.4 Å². The first-order chi connectivity index (χ1) is 12.3. The standard InChI is InChI=1S/C20H26N2O3S/c1-5-17(4)21-20(23)14-22(19-9-7-6-8-16(19)3)26(24,25)18-12-10-15(2)11-13-18/h6-13,17H,5,14H2,1-4H3,(H,21,23). The lowest BCUT2D eigenvalue weighted by Crippen LogP contribution is -2.43. The molecule has 26 heavy (non-hydrogen) atoms. The minimum absolute atomic E-state index is 0.0108. The van der Waals surface area contributed by atoms with E-state index < -0.39 is 10.0 Å². The summed E-state index contributed by atoms with van der Waals surface area (Å²) in [4.78, 5) is 12.6. The molecule has 0 radical (unpaired) electrons. The third-order valence-electron chi connectivity index (χ3n) is 4.30. The zero-order valence-electron chi connectivity index (χ0n) is 15.7. The first-order valence-electron chi connectivity index (χ1n) is 8.70. The molecule has 0 aliphatic heterocycles. The Morgan fingerprint density at radius 1 is 1.08 bits per heavy atom. The first kappa shape index (κ1) is 20.0. The molecule has 0 aromatic heterocycles. The quantitative estimate of drug-likeness (QED) is 0.808. The Morgan fingerprint density at radius 3 is 2.27 bits per heavy atom. The van der Waals surface area contributed by atoms with Gasteiger partial charge in [0, 0.05) is 6.04 Å². The second kappa shape index (κ2) is 8.36. The number of aryl methyl sites for hydroxylation is 2. The van der Waals surface area contributed by atoms with Crippen molar-refractivity contribution in [3.63, 3.8) is 0 Å². The van der Waals surface area contributed by atoms with Gasteiger partial charge in [-0.05, 0) is 51.0 Å². The molecule has 1 N–H and O–H groups in total. The Hall–Kier alpha value is -2.34. The van der Waals surface area contributed by atoms with Gasteiger partial charge in [0.2, 0.25) is 5.91 Å². The van der Waals surface area contributed by atoms with Gasteiger partial charge in [-0.15, -0.1) is 0 Å². The molecule has 1 unspecified atom stereocenters. The molecular weight excluding hydrogens is 348 g/mol. The number of benzene rings is 2. The maximum absolute atomic E-state index is 13.2. The zero-order chi connectivity index (χ0) is 19.3. The molecule has 140 valence electrons. The summed E-state index contributed by atoms with van der Waals surface area (Å²) in [6.45, 7) is 7.33. The van der Waals surface area contributed by atoms with Crippen molar-refractivity contribution in [1.29, 1.82) is 0 Å². The Morgan fingerprint density at radius 2 is 1.69 bits per heavy atom. The van der Waals surface area contributed by atoms with Gasteiger partial charge < -0.3 is 5.32 Å². The van der Waals surface area contributed by atoms with Crippen LogP contribution in [0.4, 0.5) is 5.69 Å². The molecule has 0 saturated heterocycles. The smallest absolute Gasteiger partial charge is 0.264 e. The highest BCUT2D eigenvalue weighted by molar-refractivity contribution is 7.92. The Balaban J connectivity index is 2.45. The maximum atomic E-state index is 13.2. The Labute approximate surface area is 156 Å². The third kappa shape index (κ3) is 4.64. The van der Waals surface area contributed by atoms with Crippen molar-refractivity contribution in [2.24, 2.45) is 0 Å². The SMILES string of the molecule is CCC(C)NC(=O)CN(c1ccccc1C)S(=O)(=O)c1ccc(C)cc1. The summed E-state index contributed by atoms with van der Waals surface area (Å²) >= 11 is 0. The molecular formula is C20H26N2O3S. The Kier molecular flexibility index (Phi) is 6.42. The van der Waals surface area contributed by atoms with Crippen LogP contribution in [0.15, 0.2) is 53.4 Å². The number of hydrogen-bond acceptors (Lipinski definition) is 3. The fourth-order valence-electron chi connectivity index (χ4n) is 2.53. The van der Waals surface area contributed by atoms with Crippen LogP contribution in [0.25, 0.3) is 0 Å². The van der Waals surface area contributed by atoms with E-state index in [0.717, 1.165) is 17.5 Å². The molecule has 2 rings (SSSR count). The van der Waals surface area contributed by atoms with Crippen LogP contribution in [0.3, 0.4) is 0 Å². The van der Waals surface area contributed by atoms with Crippen LogP contribution in [0, 0.1) is 13.8 Å². The van der Waals surface area contributed by atoms with Gasteiger partial charge in [-0.2, -0.15) is 0 Å². The van der Waals surface area contributed by atoms with Crippen molar-refractivity contribution in [3.8, 4) is 0 Å². The molecule has 0 spiro atoms. The number of nitrogens with one attached hydrogen (secondary N) is 1. The van der Waals surface area contributed by atoms with Gasteiger partial charge in [0.15, 0.2) is 0 Å². The summed E-state index contributed by atoms with van der Waals surface area (Å²) in [7, 11) is -3.86. The lowest BCUT2D eigenvalue weighted by atomic mass is 10.2. The second-order valence-electron chi connectivity index (χ2n) is 6.49. The number of carbonyl (C=O) groups excluding carboxylic acids is 1. The van der Waals surface area contributed by atoms with Crippen LogP contribution in [0.2, 0.25) is 0 Å². The summed E-state index contributed by atoms with van der Waals surface area (Å²) in [6, 6.07) is 13.8. The van der Waals surface area contributed by atoms with E-state index in [4.69, 9.17) is 0 Å². The number of rotatable bonds is 7. The number of sulfonamides is 1. The van der Waals surface area contributed by atoms with E-state index in [1.54, 1.807) is 36.4 Å². The number of amides is 1. The number of para-hydroxylation sites is 1. The lowest BCUT2D eigenvalue weighted by molar-refractivity contribution is -0.120.